The lowest BCUT2D eigenvalue weighted by Gasteiger charge is -2.04. The molecule has 0 saturated carbocycles. The molecule has 0 amide bonds. The first-order valence-electron chi connectivity index (χ1n) is 2.99. The van der Waals surface area contributed by atoms with Crippen LogP contribution in [0.3, 0.4) is 0 Å². The van der Waals surface area contributed by atoms with Crippen LogP contribution in [-0.4, -0.2) is 12.0 Å². The first-order valence-corrected chi connectivity index (χ1v) is 3.37. The molecule has 2 N–H and O–H groups in total. The molecule has 0 aromatic rings. The Balaban J connectivity index is 4.71. The second-order valence-corrected chi connectivity index (χ2v) is 2.64. The Morgan fingerprint density at radius 2 is 1.75 bits per heavy atom. The zero-order valence-corrected chi connectivity index (χ0v) is 7.29. The van der Waals surface area contributed by atoms with Crippen LogP contribution in [0.2, 0.25) is 0 Å². The molecule has 6 heteroatoms. The molecule has 0 aromatic heterocycles. The second kappa shape index (κ2) is 3.80. The maximum absolute atomic E-state index is 11.7. The topological polar surface area (TPSA) is 38.4 Å². The highest BCUT2D eigenvalue weighted by Gasteiger charge is 2.33. The van der Waals surface area contributed by atoms with E-state index in [-0.39, 0.29) is 5.16 Å². The molecule has 0 atom stereocenters. The van der Waals surface area contributed by atoms with Crippen molar-refractivity contribution in [1.82, 2.24) is 0 Å². The summed E-state index contributed by atoms with van der Waals surface area (Å²) in [5.41, 5.74) is 5.07. The average Bonchev–Trinajstić information content (AvgIpc) is 1.85. The highest BCUT2D eigenvalue weighted by Crippen LogP contribution is 2.18. The molecular weight excluding hydrogens is 193 g/mol. The van der Waals surface area contributed by atoms with E-state index in [1.54, 1.807) is 0 Å². The van der Waals surface area contributed by atoms with Crippen LogP contribution in [0.25, 0.3) is 0 Å². The number of nitrogens with zero attached hydrogens (tertiary/aromatic N) is 1. The van der Waals surface area contributed by atoms with Gasteiger partial charge in [-0.15, -0.1) is 0 Å². The highest BCUT2D eigenvalue weighted by molar-refractivity contribution is 6.30. The molecule has 0 saturated heterocycles. The fourth-order valence-electron chi connectivity index (χ4n) is 0.281. The van der Waals surface area contributed by atoms with E-state index in [0.29, 0.717) is 5.57 Å². The number of aliphatic imine (C=N–C) groups is 1. The Morgan fingerprint density at radius 1 is 1.33 bits per heavy atom. The third-order valence-electron chi connectivity index (χ3n) is 0.922. The minimum atomic E-state index is -4.62. The summed E-state index contributed by atoms with van der Waals surface area (Å²) >= 11 is 5.33. The van der Waals surface area contributed by atoms with E-state index in [1.807, 2.05) is 0 Å². The molecule has 0 unspecified atom stereocenters. The number of allylic oxidation sites excluding steroid dienone is 1. The van der Waals surface area contributed by atoms with Gasteiger partial charge in [-0.1, -0.05) is 11.6 Å². The van der Waals surface area contributed by atoms with E-state index in [1.165, 1.54) is 13.8 Å². The summed E-state index contributed by atoms with van der Waals surface area (Å²) < 4.78 is 35.2. The molecule has 2 nitrogen and oxygen atoms in total. The van der Waals surface area contributed by atoms with Crippen molar-refractivity contribution < 1.29 is 13.2 Å². The first-order chi connectivity index (χ1) is 5.25. The van der Waals surface area contributed by atoms with Gasteiger partial charge in [-0.25, -0.2) is 4.99 Å². The van der Waals surface area contributed by atoms with Gasteiger partial charge in [0.15, 0.2) is 0 Å². The van der Waals surface area contributed by atoms with Crippen molar-refractivity contribution in [3.8, 4) is 0 Å². The van der Waals surface area contributed by atoms with Crippen LogP contribution in [0, 0.1) is 0 Å². The normalized spacial score (nSPS) is 13.0. The number of hydrogen-bond acceptors (Lipinski definition) is 1. The second-order valence-electron chi connectivity index (χ2n) is 2.29. The predicted octanol–water partition coefficient (Wildman–Crippen LogP) is 2.40. The van der Waals surface area contributed by atoms with Gasteiger partial charge in [0.1, 0.15) is 5.16 Å². The zero-order chi connectivity index (χ0) is 9.94. The molecule has 70 valence electrons. The molecule has 0 aliphatic carbocycles. The Bertz CT molecular complexity index is 225. The van der Waals surface area contributed by atoms with Crippen molar-refractivity contribution in [3.63, 3.8) is 0 Å². The highest BCUT2D eigenvalue weighted by atomic mass is 35.5. The molecule has 0 rings (SSSR count). The van der Waals surface area contributed by atoms with E-state index in [0.717, 1.165) is 0 Å². The summed E-state index contributed by atoms with van der Waals surface area (Å²) in [6.07, 6.45) is -4.62. The van der Waals surface area contributed by atoms with E-state index < -0.39 is 12.0 Å². The Hall–Kier alpha value is -0.710. The Morgan fingerprint density at radius 3 is 2.00 bits per heavy atom. The summed E-state index contributed by atoms with van der Waals surface area (Å²) in [5, 5.41) is -0.232. The Labute approximate surface area is 72.9 Å². The van der Waals surface area contributed by atoms with Gasteiger partial charge in [-0.2, -0.15) is 13.2 Å². The minimum absolute atomic E-state index is 0.232. The molecule has 0 aromatic carbocycles. The van der Waals surface area contributed by atoms with Crippen LogP contribution in [0.4, 0.5) is 13.2 Å². The van der Waals surface area contributed by atoms with E-state index in [9.17, 15) is 13.2 Å². The van der Waals surface area contributed by atoms with Crippen LogP contribution in [0.1, 0.15) is 13.8 Å². The third-order valence-corrected chi connectivity index (χ3v) is 1.38. The number of halogens is 4. The minimum Gasteiger partial charge on any atom is -0.380 e. The number of alkyl halides is 3. The van der Waals surface area contributed by atoms with Gasteiger partial charge in [0.05, 0.1) is 0 Å². The molecule has 0 aliphatic heterocycles. The molecule has 12 heavy (non-hydrogen) atoms. The van der Waals surface area contributed by atoms with Crippen molar-refractivity contribution in [2.24, 2.45) is 10.7 Å². The molecule has 0 spiro atoms. The fraction of sp³-hybridized carbons (Fsp3) is 0.500. The summed E-state index contributed by atoms with van der Waals surface area (Å²) in [4.78, 5) is 2.96. The van der Waals surface area contributed by atoms with Crippen LogP contribution < -0.4 is 5.73 Å². The van der Waals surface area contributed by atoms with Crippen molar-refractivity contribution in [2.75, 3.05) is 0 Å². The summed E-state index contributed by atoms with van der Waals surface area (Å²) in [5.74, 6) is -1.44. The van der Waals surface area contributed by atoms with Crippen molar-refractivity contribution >= 4 is 17.4 Å². The van der Waals surface area contributed by atoms with E-state index in [2.05, 4.69) is 10.7 Å². The van der Waals surface area contributed by atoms with Crippen molar-refractivity contribution in [2.45, 2.75) is 20.0 Å². The van der Waals surface area contributed by atoms with Crippen LogP contribution in [0.5, 0.6) is 0 Å². The molecule has 0 fully saturated rings. The maximum Gasteiger partial charge on any atom is 0.449 e. The Kier molecular flexibility index (Phi) is 3.57. The van der Waals surface area contributed by atoms with E-state index >= 15 is 0 Å². The van der Waals surface area contributed by atoms with Crippen molar-refractivity contribution in [3.05, 3.63) is 10.7 Å². The fourth-order valence-corrected chi connectivity index (χ4v) is 0.372. The average molecular weight is 201 g/mol. The summed E-state index contributed by atoms with van der Waals surface area (Å²) in [6, 6.07) is 0. The number of amidine groups is 1. The molecule has 0 bridgehead atoms. The smallest absolute Gasteiger partial charge is 0.380 e. The summed E-state index contributed by atoms with van der Waals surface area (Å²) in [7, 11) is 0. The quantitative estimate of drug-likeness (QED) is 0.394. The van der Waals surface area contributed by atoms with Gasteiger partial charge in [-0.05, 0) is 19.4 Å². The van der Waals surface area contributed by atoms with E-state index in [4.69, 9.17) is 11.6 Å². The molecule has 0 heterocycles. The van der Waals surface area contributed by atoms with Crippen molar-refractivity contribution in [1.29, 1.82) is 0 Å². The third kappa shape index (κ3) is 3.61. The number of nitrogens with two attached hydrogens (primary N) is 1. The SMILES string of the molecule is CC(C)=C(Cl)/N=C(/N)C(F)(F)F. The predicted molar refractivity (Wildman–Crippen MR) is 41.9 cm³/mol. The number of rotatable bonds is 1. The van der Waals surface area contributed by atoms with Crippen LogP contribution >= 0.6 is 11.6 Å². The van der Waals surface area contributed by atoms with Gasteiger partial charge in [0.25, 0.3) is 0 Å². The molecule has 0 radical (unpaired) electrons. The maximum atomic E-state index is 11.7. The largest absolute Gasteiger partial charge is 0.449 e. The standard InChI is InChI=1S/C6H8ClF3N2/c1-3(2)4(7)12-5(11)6(8,9)10/h1-2H3,(H2,11,12). The lowest BCUT2D eigenvalue weighted by atomic mass is 10.4. The first kappa shape index (κ1) is 11.3. The zero-order valence-electron chi connectivity index (χ0n) is 6.54. The molecule has 0 aliphatic rings. The molecular formula is C6H8ClF3N2. The lowest BCUT2D eigenvalue weighted by molar-refractivity contribution is -0.0598. The lowest BCUT2D eigenvalue weighted by Crippen LogP contribution is -2.31. The van der Waals surface area contributed by atoms with Crippen LogP contribution in [-0.2, 0) is 0 Å². The van der Waals surface area contributed by atoms with Gasteiger partial charge >= 0.3 is 6.18 Å². The number of hydrogen-bond donors (Lipinski definition) is 1. The van der Waals surface area contributed by atoms with Gasteiger partial charge in [0, 0.05) is 0 Å². The van der Waals surface area contributed by atoms with Gasteiger partial charge in [0.2, 0.25) is 5.84 Å². The van der Waals surface area contributed by atoms with Gasteiger partial charge in [-0.3, -0.25) is 0 Å². The monoisotopic (exact) mass is 200 g/mol. The van der Waals surface area contributed by atoms with Gasteiger partial charge < -0.3 is 5.73 Å². The van der Waals surface area contributed by atoms with Crippen LogP contribution in [0.15, 0.2) is 15.7 Å². The summed E-state index contributed by atoms with van der Waals surface area (Å²) in [6.45, 7) is 3.07.